The van der Waals surface area contributed by atoms with Gasteiger partial charge in [0.15, 0.2) is 0 Å². The largest absolute Gasteiger partial charge is 0.477 e. The number of pyridine rings is 1. The summed E-state index contributed by atoms with van der Waals surface area (Å²) in [5.74, 6) is 1.78. The maximum atomic E-state index is 5.92. The average molecular weight is 292 g/mol. The summed E-state index contributed by atoms with van der Waals surface area (Å²) in [7, 11) is 0. The molecule has 3 nitrogen and oxygen atoms in total. The van der Waals surface area contributed by atoms with Crippen molar-refractivity contribution in [2.24, 2.45) is 5.92 Å². The molecule has 1 aromatic heterocycles. The number of nitrogens with one attached hydrogen (secondary N) is 1. The van der Waals surface area contributed by atoms with Gasteiger partial charge in [0.1, 0.15) is 0 Å². The summed E-state index contributed by atoms with van der Waals surface area (Å²) in [5, 5.41) is 3.45. The fraction of sp³-hybridized carbons (Fsp3) is 0.722. The summed E-state index contributed by atoms with van der Waals surface area (Å²) in [6.45, 7) is 13.7. The van der Waals surface area contributed by atoms with Crippen molar-refractivity contribution in [3.63, 3.8) is 0 Å². The predicted molar refractivity (Wildman–Crippen MR) is 89.9 cm³/mol. The van der Waals surface area contributed by atoms with Gasteiger partial charge in [-0.1, -0.05) is 41.0 Å². The van der Waals surface area contributed by atoms with Gasteiger partial charge in [-0.25, -0.2) is 4.98 Å². The minimum Gasteiger partial charge on any atom is -0.477 e. The molecule has 0 aliphatic carbocycles. The fourth-order valence-electron chi connectivity index (χ4n) is 2.27. The number of hydrogen-bond acceptors (Lipinski definition) is 3. The smallest absolute Gasteiger partial charge is 0.213 e. The van der Waals surface area contributed by atoms with E-state index in [1.165, 1.54) is 18.4 Å². The Kier molecular flexibility index (Phi) is 8.36. The molecule has 0 aliphatic heterocycles. The molecule has 120 valence electrons. The molecule has 0 aromatic carbocycles. The van der Waals surface area contributed by atoms with Gasteiger partial charge in [0.2, 0.25) is 5.88 Å². The van der Waals surface area contributed by atoms with Gasteiger partial charge in [-0.2, -0.15) is 0 Å². The number of nitrogens with zero attached hydrogens (tertiary/aromatic N) is 1. The van der Waals surface area contributed by atoms with Crippen LogP contribution >= 0.6 is 0 Å². The van der Waals surface area contributed by atoms with Crippen LogP contribution in [0, 0.1) is 5.92 Å². The quantitative estimate of drug-likeness (QED) is 0.644. The van der Waals surface area contributed by atoms with Gasteiger partial charge in [-0.15, -0.1) is 0 Å². The summed E-state index contributed by atoms with van der Waals surface area (Å²) >= 11 is 0. The second kappa shape index (κ2) is 9.78. The standard InChI is InChI=1S/C18H32N2O/c1-6-8-15(5)13-21-18-11-16(12-19-9-7-2)10-17(20-18)14(3)4/h10-11,14-15,19H,6-9,12-13H2,1-5H3. The van der Waals surface area contributed by atoms with Gasteiger partial charge >= 0.3 is 0 Å². The van der Waals surface area contributed by atoms with Gasteiger partial charge in [0.25, 0.3) is 0 Å². The van der Waals surface area contributed by atoms with Crippen LogP contribution in [0.5, 0.6) is 5.88 Å². The normalized spacial score (nSPS) is 12.7. The third-order valence-corrected chi connectivity index (χ3v) is 3.53. The van der Waals surface area contributed by atoms with E-state index in [9.17, 15) is 0 Å². The Morgan fingerprint density at radius 3 is 2.52 bits per heavy atom. The molecule has 0 saturated heterocycles. The number of ether oxygens (including phenoxy) is 1. The topological polar surface area (TPSA) is 34.1 Å². The molecule has 1 unspecified atom stereocenters. The second-order valence-corrected chi connectivity index (χ2v) is 6.27. The highest BCUT2D eigenvalue weighted by atomic mass is 16.5. The molecule has 0 spiro atoms. The van der Waals surface area contributed by atoms with Crippen LogP contribution in [0.3, 0.4) is 0 Å². The molecule has 1 rings (SSSR count). The molecule has 0 aliphatic rings. The Labute approximate surface area is 130 Å². The minimum atomic E-state index is 0.423. The first-order valence-electron chi connectivity index (χ1n) is 8.41. The summed E-state index contributed by atoms with van der Waals surface area (Å²) in [5.41, 5.74) is 2.38. The van der Waals surface area contributed by atoms with Crippen LogP contribution in [0.25, 0.3) is 0 Å². The van der Waals surface area contributed by atoms with Crippen LogP contribution in [0.1, 0.15) is 71.1 Å². The zero-order chi connectivity index (χ0) is 15.7. The van der Waals surface area contributed by atoms with Gasteiger partial charge in [0.05, 0.1) is 6.61 Å². The summed E-state index contributed by atoms with van der Waals surface area (Å²) < 4.78 is 5.92. The summed E-state index contributed by atoms with van der Waals surface area (Å²) in [6, 6.07) is 4.27. The molecule has 0 bridgehead atoms. The van der Waals surface area contributed by atoms with E-state index in [1.54, 1.807) is 0 Å². The van der Waals surface area contributed by atoms with Crippen molar-refractivity contribution in [1.82, 2.24) is 10.3 Å². The van der Waals surface area contributed by atoms with Crippen molar-refractivity contribution >= 4 is 0 Å². The lowest BCUT2D eigenvalue weighted by molar-refractivity contribution is 0.242. The molecule has 1 N–H and O–H groups in total. The van der Waals surface area contributed by atoms with Crippen LogP contribution in [-0.2, 0) is 6.54 Å². The first kappa shape index (κ1) is 18.0. The number of hydrogen-bond donors (Lipinski definition) is 1. The van der Waals surface area contributed by atoms with Crippen molar-refractivity contribution < 1.29 is 4.74 Å². The molecule has 1 heterocycles. The number of aromatic nitrogens is 1. The van der Waals surface area contributed by atoms with Gasteiger partial charge < -0.3 is 10.1 Å². The van der Waals surface area contributed by atoms with Crippen molar-refractivity contribution in [2.45, 2.75) is 66.3 Å². The maximum Gasteiger partial charge on any atom is 0.213 e. The van der Waals surface area contributed by atoms with Crippen molar-refractivity contribution in [3.8, 4) is 5.88 Å². The lowest BCUT2D eigenvalue weighted by Gasteiger charge is -2.15. The van der Waals surface area contributed by atoms with E-state index in [4.69, 9.17) is 4.74 Å². The third kappa shape index (κ3) is 6.94. The van der Waals surface area contributed by atoms with E-state index in [0.29, 0.717) is 11.8 Å². The Bertz CT molecular complexity index is 404. The van der Waals surface area contributed by atoms with Gasteiger partial charge in [-0.3, -0.25) is 0 Å². The van der Waals surface area contributed by atoms with E-state index in [1.807, 2.05) is 0 Å². The monoisotopic (exact) mass is 292 g/mol. The van der Waals surface area contributed by atoms with E-state index in [-0.39, 0.29) is 0 Å². The molecule has 21 heavy (non-hydrogen) atoms. The Hall–Kier alpha value is -1.09. The van der Waals surface area contributed by atoms with Crippen LogP contribution in [-0.4, -0.2) is 18.1 Å². The van der Waals surface area contributed by atoms with E-state index < -0.39 is 0 Å². The van der Waals surface area contributed by atoms with E-state index >= 15 is 0 Å². The van der Waals surface area contributed by atoms with Crippen LogP contribution < -0.4 is 10.1 Å². The minimum absolute atomic E-state index is 0.423. The lowest BCUT2D eigenvalue weighted by atomic mass is 10.1. The van der Waals surface area contributed by atoms with Crippen LogP contribution in [0.2, 0.25) is 0 Å². The van der Waals surface area contributed by atoms with Crippen LogP contribution in [0.15, 0.2) is 12.1 Å². The third-order valence-electron chi connectivity index (χ3n) is 3.53. The van der Waals surface area contributed by atoms with Crippen molar-refractivity contribution in [2.75, 3.05) is 13.2 Å². The fourth-order valence-corrected chi connectivity index (χ4v) is 2.27. The highest BCUT2D eigenvalue weighted by Gasteiger charge is 2.09. The molecule has 3 heteroatoms. The van der Waals surface area contributed by atoms with E-state index in [0.717, 1.165) is 37.7 Å². The second-order valence-electron chi connectivity index (χ2n) is 6.27. The average Bonchev–Trinajstić information content (AvgIpc) is 2.45. The Balaban J connectivity index is 2.72. The SMILES string of the molecule is CCCNCc1cc(OCC(C)CCC)nc(C(C)C)c1. The molecular formula is C18H32N2O. The molecular weight excluding hydrogens is 260 g/mol. The molecule has 0 fully saturated rings. The molecule has 0 saturated carbocycles. The van der Waals surface area contributed by atoms with Gasteiger partial charge in [0, 0.05) is 18.3 Å². The molecule has 1 aromatic rings. The van der Waals surface area contributed by atoms with E-state index in [2.05, 4.69) is 57.1 Å². The molecule has 0 amide bonds. The van der Waals surface area contributed by atoms with Crippen LogP contribution in [0.4, 0.5) is 0 Å². The Morgan fingerprint density at radius 1 is 1.14 bits per heavy atom. The first-order valence-corrected chi connectivity index (χ1v) is 8.41. The lowest BCUT2D eigenvalue weighted by Crippen LogP contribution is -2.15. The molecule has 0 radical (unpaired) electrons. The summed E-state index contributed by atoms with van der Waals surface area (Å²) in [4.78, 5) is 4.64. The predicted octanol–water partition coefficient (Wildman–Crippen LogP) is 4.52. The van der Waals surface area contributed by atoms with Crippen molar-refractivity contribution in [3.05, 3.63) is 23.4 Å². The highest BCUT2D eigenvalue weighted by molar-refractivity contribution is 5.26. The number of rotatable bonds is 10. The van der Waals surface area contributed by atoms with Crippen molar-refractivity contribution in [1.29, 1.82) is 0 Å². The zero-order valence-electron chi connectivity index (χ0n) is 14.4. The first-order chi connectivity index (χ1) is 10.1. The molecule has 1 atom stereocenters. The Morgan fingerprint density at radius 2 is 1.90 bits per heavy atom. The highest BCUT2D eigenvalue weighted by Crippen LogP contribution is 2.20. The summed E-state index contributed by atoms with van der Waals surface area (Å²) in [6.07, 6.45) is 3.56. The van der Waals surface area contributed by atoms with Gasteiger partial charge in [-0.05, 0) is 42.9 Å². The maximum absolute atomic E-state index is 5.92. The zero-order valence-corrected chi connectivity index (χ0v) is 14.4.